The van der Waals surface area contributed by atoms with Crippen LogP contribution in [0.5, 0.6) is 0 Å². The molecule has 54 heavy (non-hydrogen) atoms. The molecule has 3 aromatic heterocycles. The average molecular weight is 886 g/mol. The van der Waals surface area contributed by atoms with Crippen molar-refractivity contribution >= 4 is 22.7 Å². The van der Waals surface area contributed by atoms with Crippen LogP contribution in [0.4, 0.5) is 17.1 Å². The second-order valence-corrected chi connectivity index (χ2v) is 16.2. The van der Waals surface area contributed by atoms with E-state index < -0.39 is 10.8 Å². The molecule has 0 saturated carbocycles. The molecule has 0 atom stereocenters. The monoisotopic (exact) mass is 885 g/mol. The molecule has 0 N–H and O–H groups in total. The van der Waals surface area contributed by atoms with Crippen molar-refractivity contribution in [1.82, 2.24) is 14.4 Å². The van der Waals surface area contributed by atoms with Gasteiger partial charge in [-0.2, -0.15) is 42.6 Å². The van der Waals surface area contributed by atoms with E-state index in [1.54, 1.807) is 0 Å². The molecule has 5 nitrogen and oxygen atoms in total. The number of aromatic nitrogens is 3. The number of aryl methyl sites for hydroxylation is 2. The van der Waals surface area contributed by atoms with Gasteiger partial charge in [-0.15, -0.1) is 11.3 Å². The maximum Gasteiger partial charge on any atom is 0.0573 e. The quantitative estimate of drug-likeness (QED) is 0.161. The van der Waals surface area contributed by atoms with Gasteiger partial charge < -0.3 is 14.2 Å². The second kappa shape index (κ2) is 12.8. The standard InChI is InChI=1S/C48H44N5.Pt/c1-31-32(2)53-44(47(6,7)43-27-33(24-25-49-43)46(3,4)5)28-35(29-45(53)50-31)48(39-20-11-9-18-37(39)38-19-10-12-21-40(38)48)34-16-15-17-36(26-34)52-30-51(8)41-22-13-14-23-42(41)52;/h9-25,27,29-30H,1-8H3;/q-3;. The van der Waals surface area contributed by atoms with E-state index in [9.17, 15) is 0 Å². The van der Waals surface area contributed by atoms with Gasteiger partial charge in [-0.05, 0) is 78.4 Å². The smallest absolute Gasteiger partial charge is 0.0573 e. The first-order chi connectivity index (χ1) is 25.4. The predicted octanol–water partition coefficient (Wildman–Crippen LogP) is 10.6. The summed E-state index contributed by atoms with van der Waals surface area (Å²) in [6.45, 7) is 17.7. The number of imidazole rings is 1. The van der Waals surface area contributed by atoms with Crippen molar-refractivity contribution in [3.8, 4) is 11.1 Å². The Labute approximate surface area is 334 Å². The van der Waals surface area contributed by atoms with E-state index in [1.807, 2.05) is 6.20 Å². The molecule has 0 unspecified atom stereocenters. The van der Waals surface area contributed by atoms with Gasteiger partial charge in [0.15, 0.2) is 0 Å². The molecular weight excluding hydrogens is 842 g/mol. The van der Waals surface area contributed by atoms with Gasteiger partial charge in [0.05, 0.1) is 17.0 Å². The van der Waals surface area contributed by atoms with Crippen molar-refractivity contribution in [3.05, 3.63) is 185 Å². The summed E-state index contributed by atoms with van der Waals surface area (Å²) in [5, 5.41) is 0. The molecule has 7 aromatic rings. The number of nitrogens with zero attached hydrogens (tertiary/aromatic N) is 5. The van der Waals surface area contributed by atoms with Gasteiger partial charge >= 0.3 is 0 Å². The van der Waals surface area contributed by atoms with Crippen LogP contribution in [-0.2, 0) is 37.3 Å². The Morgan fingerprint density at radius 1 is 0.704 bits per heavy atom. The maximum absolute atomic E-state index is 5.21. The molecule has 4 aromatic carbocycles. The molecule has 1 aliphatic heterocycles. The number of hydrogen-bond acceptors (Lipinski definition) is 4. The van der Waals surface area contributed by atoms with Crippen LogP contribution in [0, 0.1) is 32.6 Å². The molecule has 6 heteroatoms. The molecule has 9 rings (SSSR count). The Balaban J connectivity index is 0.00000413. The fourth-order valence-corrected chi connectivity index (χ4v) is 8.59. The molecule has 0 bridgehead atoms. The summed E-state index contributed by atoms with van der Waals surface area (Å²) in [6, 6.07) is 47.7. The van der Waals surface area contributed by atoms with E-state index in [0.717, 1.165) is 56.6 Å². The zero-order chi connectivity index (χ0) is 36.9. The molecule has 0 spiro atoms. The molecule has 0 amide bonds. The van der Waals surface area contributed by atoms with Crippen LogP contribution in [0.25, 0.3) is 16.8 Å². The van der Waals surface area contributed by atoms with Gasteiger partial charge in [-0.25, -0.2) is 6.07 Å². The third-order valence-corrected chi connectivity index (χ3v) is 11.6. The topological polar surface area (TPSA) is 36.7 Å². The third-order valence-electron chi connectivity index (χ3n) is 11.6. The summed E-state index contributed by atoms with van der Waals surface area (Å²) in [7, 11) is 2.10. The van der Waals surface area contributed by atoms with Crippen molar-refractivity contribution in [2.45, 2.75) is 64.7 Å². The Hall–Kier alpha value is -4.99. The van der Waals surface area contributed by atoms with Crippen LogP contribution < -0.4 is 9.80 Å². The molecule has 0 saturated heterocycles. The van der Waals surface area contributed by atoms with Gasteiger partial charge in [0, 0.05) is 55.2 Å². The number of hydrogen-bond donors (Lipinski definition) is 0. The van der Waals surface area contributed by atoms with Gasteiger partial charge in [-0.1, -0.05) is 101 Å². The fourth-order valence-electron chi connectivity index (χ4n) is 8.59. The van der Waals surface area contributed by atoms with Crippen LogP contribution in [0.1, 0.15) is 85.2 Å². The van der Waals surface area contributed by atoms with Crippen LogP contribution in [0.15, 0.2) is 115 Å². The number of rotatable bonds is 5. The Morgan fingerprint density at radius 3 is 2.04 bits per heavy atom. The normalized spacial score (nSPS) is 14.5. The van der Waals surface area contributed by atoms with E-state index in [4.69, 9.17) is 9.97 Å². The fraction of sp³-hybridized carbons (Fsp3) is 0.229. The summed E-state index contributed by atoms with van der Waals surface area (Å²) in [6.07, 6.45) is 1.96. The molecule has 1 aliphatic carbocycles. The van der Waals surface area contributed by atoms with E-state index >= 15 is 0 Å². The zero-order valence-corrected chi connectivity index (χ0v) is 34.4. The predicted molar refractivity (Wildman–Crippen MR) is 216 cm³/mol. The molecule has 4 heterocycles. The van der Waals surface area contributed by atoms with Crippen LogP contribution in [0.3, 0.4) is 0 Å². The summed E-state index contributed by atoms with van der Waals surface area (Å²) in [4.78, 5) is 14.7. The Morgan fingerprint density at radius 2 is 1.35 bits per heavy atom. The molecule has 0 fully saturated rings. The van der Waals surface area contributed by atoms with E-state index in [2.05, 4.69) is 198 Å². The second-order valence-electron chi connectivity index (χ2n) is 16.2. The van der Waals surface area contributed by atoms with Crippen molar-refractivity contribution in [2.24, 2.45) is 0 Å². The molecule has 0 radical (unpaired) electrons. The minimum Gasteiger partial charge on any atom is -0.504 e. The van der Waals surface area contributed by atoms with Gasteiger partial charge in [0.2, 0.25) is 0 Å². The van der Waals surface area contributed by atoms with Crippen molar-refractivity contribution < 1.29 is 21.1 Å². The molecule has 274 valence electrons. The number of pyridine rings is 2. The molecular formula is C48H44N5Pt-3. The van der Waals surface area contributed by atoms with Gasteiger partial charge in [0.25, 0.3) is 0 Å². The average Bonchev–Trinajstić information content (AvgIpc) is 3.77. The van der Waals surface area contributed by atoms with E-state index in [-0.39, 0.29) is 26.5 Å². The Kier molecular flexibility index (Phi) is 8.54. The first-order valence-corrected chi connectivity index (χ1v) is 18.5. The molecule has 2 aliphatic rings. The van der Waals surface area contributed by atoms with Crippen LogP contribution >= 0.6 is 0 Å². The summed E-state index contributed by atoms with van der Waals surface area (Å²) >= 11 is 0. The third kappa shape index (κ3) is 5.22. The largest absolute Gasteiger partial charge is 0.504 e. The Bertz CT molecular complexity index is 2530. The minimum absolute atomic E-state index is 0. The maximum atomic E-state index is 5.21. The van der Waals surface area contributed by atoms with Gasteiger partial charge in [0.1, 0.15) is 0 Å². The van der Waals surface area contributed by atoms with Gasteiger partial charge in [-0.3, -0.25) is 9.97 Å². The number of fused-ring (bicyclic) bond motifs is 5. The van der Waals surface area contributed by atoms with Crippen LogP contribution in [-0.4, -0.2) is 21.4 Å². The number of benzene rings is 4. The summed E-state index contributed by atoms with van der Waals surface area (Å²) in [5.74, 6) is 0. The first kappa shape index (κ1) is 36.0. The minimum atomic E-state index is -0.727. The van der Waals surface area contributed by atoms with Crippen molar-refractivity contribution in [1.29, 1.82) is 0 Å². The number of anilines is 3. The van der Waals surface area contributed by atoms with Crippen molar-refractivity contribution in [2.75, 3.05) is 16.8 Å². The van der Waals surface area contributed by atoms with Crippen molar-refractivity contribution in [3.63, 3.8) is 0 Å². The van der Waals surface area contributed by atoms with Crippen LogP contribution in [0.2, 0.25) is 0 Å². The first-order valence-electron chi connectivity index (χ1n) is 18.5. The zero-order valence-electron chi connectivity index (χ0n) is 32.1. The number of para-hydroxylation sites is 2. The SMILES string of the molecule is Cc1nc2cc(C3(c4[c-]c(N5[CH-]N(C)c6ccccc65)ccc4)c4ccccc4-c4ccccc43)[c-]c(C(C)(C)c3cc(C(C)(C)C)ccn3)n2c1C.[Pt]. The summed E-state index contributed by atoms with van der Waals surface area (Å²) < 4.78 is 2.30. The summed E-state index contributed by atoms with van der Waals surface area (Å²) in [5.41, 5.74) is 15.3. The van der Waals surface area contributed by atoms with E-state index in [1.165, 1.54) is 27.8 Å². The van der Waals surface area contributed by atoms with E-state index in [0.29, 0.717) is 0 Å².